The van der Waals surface area contributed by atoms with Gasteiger partial charge in [0.2, 0.25) is 11.8 Å². The van der Waals surface area contributed by atoms with Crippen LogP contribution >= 0.6 is 0 Å². The number of nitrogens with zero attached hydrogens (tertiary/aromatic N) is 4. The first-order chi connectivity index (χ1) is 12.9. The molecule has 0 bridgehead atoms. The average Bonchev–Trinajstić information content (AvgIpc) is 2.66. The van der Waals surface area contributed by atoms with Crippen LogP contribution in [-0.4, -0.2) is 86.4 Å². The Balaban J connectivity index is 1.79. The molecule has 2 rings (SSSR count). The Bertz CT molecular complexity index is 613. The predicted octanol–water partition coefficient (Wildman–Crippen LogP) is 1.66. The number of benzene rings is 1. The molecule has 0 radical (unpaired) electrons. The number of carbonyl (C=O) groups excluding carboxylic acids is 2. The van der Waals surface area contributed by atoms with Crippen molar-refractivity contribution in [3.05, 3.63) is 30.1 Å². The van der Waals surface area contributed by atoms with E-state index in [1.807, 2.05) is 4.90 Å². The summed E-state index contributed by atoms with van der Waals surface area (Å²) in [4.78, 5) is 32.2. The number of halogens is 1. The molecule has 1 aromatic rings. The van der Waals surface area contributed by atoms with E-state index in [2.05, 4.69) is 16.7 Å². The number of hydrogen-bond acceptors (Lipinski definition) is 4. The molecule has 1 aliphatic heterocycles. The monoisotopic (exact) mass is 378 g/mol. The molecule has 150 valence electrons. The Kier molecular flexibility index (Phi) is 8.03. The van der Waals surface area contributed by atoms with Gasteiger partial charge in [-0.25, -0.2) is 4.39 Å². The fourth-order valence-corrected chi connectivity index (χ4v) is 3.20. The van der Waals surface area contributed by atoms with Crippen molar-refractivity contribution in [2.24, 2.45) is 0 Å². The Labute approximate surface area is 161 Å². The largest absolute Gasteiger partial charge is 0.368 e. The van der Waals surface area contributed by atoms with Gasteiger partial charge in [0.1, 0.15) is 5.82 Å². The fraction of sp³-hybridized carbons (Fsp3) is 0.600. The number of amides is 2. The van der Waals surface area contributed by atoms with Crippen molar-refractivity contribution in [1.29, 1.82) is 0 Å². The summed E-state index contributed by atoms with van der Waals surface area (Å²) in [5, 5.41) is 0. The molecule has 0 unspecified atom stereocenters. The summed E-state index contributed by atoms with van der Waals surface area (Å²) < 4.78 is 13.1. The van der Waals surface area contributed by atoms with Crippen molar-refractivity contribution in [2.45, 2.75) is 19.8 Å². The Morgan fingerprint density at radius 2 is 1.67 bits per heavy atom. The molecule has 1 aromatic carbocycles. The van der Waals surface area contributed by atoms with Gasteiger partial charge in [0.25, 0.3) is 0 Å². The van der Waals surface area contributed by atoms with Gasteiger partial charge in [-0.05, 0) is 37.2 Å². The molecule has 1 heterocycles. The van der Waals surface area contributed by atoms with E-state index >= 15 is 0 Å². The molecule has 1 fully saturated rings. The molecule has 0 N–H and O–H groups in total. The third-order valence-electron chi connectivity index (χ3n) is 4.86. The van der Waals surface area contributed by atoms with Crippen LogP contribution in [0.1, 0.15) is 19.8 Å². The standard InChI is InChI=1S/C20H31FN4O2/c1-4-10-23(16-20(27)22(2)3)11-9-19(26)25-14-12-24(13-15-25)18-7-5-17(21)6-8-18/h5-8H,4,9-16H2,1-3H3. The van der Waals surface area contributed by atoms with Gasteiger partial charge in [-0.2, -0.15) is 0 Å². The first-order valence-corrected chi connectivity index (χ1v) is 9.61. The van der Waals surface area contributed by atoms with E-state index in [0.717, 1.165) is 31.7 Å². The molecule has 1 aliphatic rings. The lowest BCUT2D eigenvalue weighted by Gasteiger charge is -2.36. The summed E-state index contributed by atoms with van der Waals surface area (Å²) in [6, 6.07) is 6.47. The highest BCUT2D eigenvalue weighted by Crippen LogP contribution is 2.17. The highest BCUT2D eigenvalue weighted by molar-refractivity contribution is 5.78. The molecule has 0 atom stereocenters. The van der Waals surface area contributed by atoms with Crippen molar-refractivity contribution in [3.8, 4) is 0 Å². The quantitative estimate of drug-likeness (QED) is 0.690. The number of carbonyl (C=O) groups is 2. The van der Waals surface area contributed by atoms with Crippen LogP contribution in [-0.2, 0) is 9.59 Å². The van der Waals surface area contributed by atoms with Crippen LogP contribution in [0.5, 0.6) is 0 Å². The van der Waals surface area contributed by atoms with Crippen LogP contribution in [0.15, 0.2) is 24.3 Å². The lowest BCUT2D eigenvalue weighted by atomic mass is 10.2. The smallest absolute Gasteiger partial charge is 0.236 e. The molecule has 2 amide bonds. The van der Waals surface area contributed by atoms with E-state index in [0.29, 0.717) is 32.6 Å². The van der Waals surface area contributed by atoms with Gasteiger partial charge in [-0.3, -0.25) is 14.5 Å². The molecule has 0 aromatic heterocycles. The molecule has 0 aliphatic carbocycles. The Morgan fingerprint density at radius 3 is 2.22 bits per heavy atom. The second-order valence-corrected chi connectivity index (χ2v) is 7.16. The molecular formula is C20H31FN4O2. The van der Waals surface area contributed by atoms with Crippen molar-refractivity contribution < 1.29 is 14.0 Å². The summed E-state index contributed by atoms with van der Waals surface area (Å²) in [6.07, 6.45) is 1.38. The molecule has 0 saturated carbocycles. The average molecular weight is 378 g/mol. The number of piperazine rings is 1. The van der Waals surface area contributed by atoms with E-state index in [1.54, 1.807) is 31.1 Å². The highest BCUT2D eigenvalue weighted by Gasteiger charge is 2.22. The second-order valence-electron chi connectivity index (χ2n) is 7.16. The zero-order chi connectivity index (χ0) is 19.8. The summed E-state index contributed by atoms with van der Waals surface area (Å²) in [7, 11) is 3.50. The first kappa shape index (κ1) is 21.2. The topological polar surface area (TPSA) is 47.1 Å². The summed E-state index contributed by atoms with van der Waals surface area (Å²) in [5.41, 5.74) is 0.986. The first-order valence-electron chi connectivity index (χ1n) is 9.61. The van der Waals surface area contributed by atoms with Crippen LogP contribution < -0.4 is 4.90 Å². The molecule has 27 heavy (non-hydrogen) atoms. The molecule has 1 saturated heterocycles. The SMILES string of the molecule is CCCN(CCC(=O)N1CCN(c2ccc(F)cc2)CC1)CC(=O)N(C)C. The van der Waals surface area contributed by atoms with Gasteiger partial charge in [0.05, 0.1) is 6.54 Å². The third kappa shape index (κ3) is 6.50. The van der Waals surface area contributed by atoms with Crippen LogP contribution in [0, 0.1) is 5.82 Å². The maximum absolute atomic E-state index is 13.1. The Morgan fingerprint density at radius 1 is 1.04 bits per heavy atom. The highest BCUT2D eigenvalue weighted by atomic mass is 19.1. The maximum atomic E-state index is 13.1. The summed E-state index contributed by atoms with van der Waals surface area (Å²) in [6.45, 7) is 6.66. The van der Waals surface area contributed by atoms with Crippen molar-refractivity contribution in [1.82, 2.24) is 14.7 Å². The van der Waals surface area contributed by atoms with Gasteiger partial charge < -0.3 is 14.7 Å². The summed E-state index contributed by atoms with van der Waals surface area (Å²) >= 11 is 0. The molecule has 0 spiro atoms. The minimum absolute atomic E-state index is 0.0591. The zero-order valence-corrected chi connectivity index (χ0v) is 16.7. The van der Waals surface area contributed by atoms with Crippen LogP contribution in [0.3, 0.4) is 0 Å². The minimum atomic E-state index is -0.239. The van der Waals surface area contributed by atoms with E-state index in [-0.39, 0.29) is 17.6 Å². The maximum Gasteiger partial charge on any atom is 0.236 e. The van der Waals surface area contributed by atoms with Crippen LogP contribution in [0.2, 0.25) is 0 Å². The number of hydrogen-bond donors (Lipinski definition) is 0. The van der Waals surface area contributed by atoms with Gasteiger partial charge in [0, 0.05) is 58.9 Å². The second kappa shape index (κ2) is 10.3. The number of rotatable bonds is 8. The van der Waals surface area contributed by atoms with Gasteiger partial charge >= 0.3 is 0 Å². The van der Waals surface area contributed by atoms with Crippen molar-refractivity contribution >= 4 is 17.5 Å². The van der Waals surface area contributed by atoms with Crippen molar-refractivity contribution in [3.63, 3.8) is 0 Å². The van der Waals surface area contributed by atoms with Gasteiger partial charge in [-0.15, -0.1) is 0 Å². The van der Waals surface area contributed by atoms with E-state index in [9.17, 15) is 14.0 Å². The van der Waals surface area contributed by atoms with E-state index in [4.69, 9.17) is 0 Å². The Hall–Kier alpha value is -2.15. The normalized spacial score (nSPS) is 14.6. The lowest BCUT2D eigenvalue weighted by molar-refractivity contribution is -0.133. The van der Waals surface area contributed by atoms with E-state index in [1.165, 1.54) is 12.1 Å². The molecule has 7 heteroatoms. The third-order valence-corrected chi connectivity index (χ3v) is 4.86. The van der Waals surface area contributed by atoms with Crippen LogP contribution in [0.25, 0.3) is 0 Å². The molecular weight excluding hydrogens is 347 g/mol. The van der Waals surface area contributed by atoms with Gasteiger partial charge in [0.15, 0.2) is 0 Å². The van der Waals surface area contributed by atoms with Crippen LogP contribution in [0.4, 0.5) is 10.1 Å². The zero-order valence-electron chi connectivity index (χ0n) is 16.7. The predicted molar refractivity (Wildman–Crippen MR) is 105 cm³/mol. The van der Waals surface area contributed by atoms with Crippen molar-refractivity contribution in [2.75, 3.05) is 64.8 Å². The number of anilines is 1. The summed E-state index contributed by atoms with van der Waals surface area (Å²) in [5.74, 6) is -0.0482. The fourth-order valence-electron chi connectivity index (χ4n) is 3.20. The lowest BCUT2D eigenvalue weighted by Crippen LogP contribution is -2.49. The molecule has 6 nitrogen and oxygen atoms in total. The van der Waals surface area contributed by atoms with E-state index < -0.39 is 0 Å². The number of likely N-dealkylation sites (N-methyl/N-ethyl adjacent to an activating group) is 1. The van der Waals surface area contributed by atoms with Gasteiger partial charge in [-0.1, -0.05) is 6.92 Å². The minimum Gasteiger partial charge on any atom is -0.368 e.